The van der Waals surface area contributed by atoms with Crippen LogP contribution in [0.2, 0.25) is 0 Å². The van der Waals surface area contributed by atoms with Gasteiger partial charge < -0.3 is 48.7 Å². The largest absolute Gasteiger partial charge is 0.456 e. The zero-order valence-corrected chi connectivity index (χ0v) is 36.2. The fourth-order valence-electron chi connectivity index (χ4n) is 11.0. The fraction of sp³-hybridized carbons (Fsp3) is 0.689. The van der Waals surface area contributed by atoms with Crippen molar-refractivity contribution in [2.24, 2.45) is 28.6 Å². The summed E-state index contributed by atoms with van der Waals surface area (Å²) in [6.45, 7) is 23.6. The van der Waals surface area contributed by atoms with Gasteiger partial charge in [0.25, 0.3) is 0 Å². The van der Waals surface area contributed by atoms with Crippen LogP contribution in [-0.4, -0.2) is 107 Å². The number of fused-ring (bicyclic) bond motifs is 4. The van der Waals surface area contributed by atoms with Crippen LogP contribution in [0.1, 0.15) is 106 Å². The summed E-state index contributed by atoms with van der Waals surface area (Å²) >= 11 is 0. The Labute approximate surface area is 347 Å². The number of hydrogen-bond acceptors (Lipinski definition) is 13. The lowest BCUT2D eigenvalue weighted by molar-refractivity contribution is -0.403. The molecule has 2 heterocycles. The van der Waals surface area contributed by atoms with E-state index < -0.39 is 112 Å². The third kappa shape index (κ3) is 7.73. The number of nitrogens with one attached hydrogen (secondary N) is 1. The summed E-state index contributed by atoms with van der Waals surface area (Å²) in [4.78, 5) is 54.5. The van der Waals surface area contributed by atoms with E-state index in [1.165, 1.54) is 6.92 Å². The first-order chi connectivity index (χ1) is 27.4. The molecule has 2 bridgehead atoms. The second-order valence-electron chi connectivity index (χ2n) is 19.3. The molecule has 59 heavy (non-hydrogen) atoms. The smallest absolute Gasteiger partial charge is 0.407 e. The van der Waals surface area contributed by atoms with Crippen LogP contribution in [0.4, 0.5) is 4.79 Å². The highest BCUT2D eigenvalue weighted by molar-refractivity contribution is 5.89. The Morgan fingerprint density at radius 3 is 2.27 bits per heavy atom. The van der Waals surface area contributed by atoms with Gasteiger partial charge >= 0.3 is 24.0 Å². The first-order valence-electron chi connectivity index (χ1n) is 20.7. The Morgan fingerprint density at radius 2 is 1.71 bits per heavy atom. The highest BCUT2D eigenvalue weighted by Crippen LogP contribution is 2.68. The van der Waals surface area contributed by atoms with Crippen LogP contribution >= 0.6 is 0 Å². The van der Waals surface area contributed by atoms with E-state index >= 15 is 0 Å². The number of ether oxygens (including phenoxy) is 7. The molecule has 3 N–H and O–H groups in total. The van der Waals surface area contributed by atoms with Crippen LogP contribution in [0, 0.1) is 28.6 Å². The molecule has 2 saturated carbocycles. The van der Waals surface area contributed by atoms with Crippen molar-refractivity contribution in [2.75, 3.05) is 6.61 Å². The number of carbonyl (C=O) groups is 4. The van der Waals surface area contributed by atoms with E-state index in [0.717, 1.165) is 0 Å². The minimum Gasteiger partial charge on any atom is -0.456 e. The topological polar surface area (TPSA) is 185 Å². The van der Waals surface area contributed by atoms with Crippen molar-refractivity contribution in [3.05, 3.63) is 59.7 Å². The Bertz CT molecular complexity index is 1840. The van der Waals surface area contributed by atoms with E-state index in [1.807, 2.05) is 48.5 Å². The second kappa shape index (κ2) is 15.9. The summed E-state index contributed by atoms with van der Waals surface area (Å²) in [5.41, 5.74) is -4.96. The number of amides is 1. The molecule has 5 aliphatic rings. The van der Waals surface area contributed by atoms with E-state index in [-0.39, 0.29) is 30.9 Å². The lowest BCUT2D eigenvalue weighted by Gasteiger charge is -2.71. The molecule has 1 unspecified atom stereocenters. The van der Waals surface area contributed by atoms with Gasteiger partial charge in [0.05, 0.1) is 36.3 Å². The van der Waals surface area contributed by atoms with Crippen molar-refractivity contribution >= 4 is 24.0 Å². The van der Waals surface area contributed by atoms with Crippen molar-refractivity contribution in [1.29, 1.82) is 0 Å². The van der Waals surface area contributed by atoms with E-state index in [9.17, 15) is 29.4 Å². The number of carbonyl (C=O) groups excluding carboxylic acids is 4. The van der Waals surface area contributed by atoms with Crippen LogP contribution in [-0.2, 0) is 42.7 Å². The first-order valence-corrected chi connectivity index (χ1v) is 20.7. The van der Waals surface area contributed by atoms with Gasteiger partial charge in [-0.05, 0) is 63.8 Å². The number of esters is 3. The molecule has 14 nitrogen and oxygen atoms in total. The Morgan fingerprint density at radius 1 is 1.05 bits per heavy atom. The monoisotopic (exact) mass is 825 g/mol. The molecule has 13 atom stereocenters. The van der Waals surface area contributed by atoms with Gasteiger partial charge in [-0.3, -0.25) is 4.79 Å². The SMILES string of the molecule is C=C[C@@H]1O[C@H]2C[C@H]3OC[C@@]3(OC(C)=O)[C@H]3[C@H](OC(=O)c4ccccc4)[C@]4(O)C[C@H](OC(=O)[C@@H](O)[C@H](CC(C)C)NC(=O)OC(C)(C)C)C(C)=C(C(C)[C@H](O1)[C@]23C)C4(C)C. The number of aliphatic hydroxyl groups excluding tert-OH is 1. The van der Waals surface area contributed by atoms with Crippen LogP contribution in [0.3, 0.4) is 0 Å². The maximum Gasteiger partial charge on any atom is 0.407 e. The molecule has 1 aromatic carbocycles. The van der Waals surface area contributed by atoms with Gasteiger partial charge in [-0.15, -0.1) is 0 Å². The van der Waals surface area contributed by atoms with Crippen molar-refractivity contribution in [3.63, 3.8) is 0 Å². The standard InChI is InChI=1S/C45H63NO13/c1-13-32-55-30-20-31-44(22-53-31,58-26(6)47)35-37(57-38(49)27-17-15-14-16-18-27)45(52)21-29(24(4)33(42(45,10)11)25(5)36(56-32)43(30,35)12)54-39(50)34(48)28(19-23(2)3)46-40(51)59-41(7,8)9/h13-18,23,25,28-32,34-37,48,52H,1,19-22H2,2-12H3,(H,46,51)/t25?,28-,29-,30-,31+,32+,34-,35-,36-,37-,43+,44-,45+/m0/s1. The van der Waals surface area contributed by atoms with Gasteiger partial charge in [-0.25, -0.2) is 14.4 Å². The highest BCUT2D eigenvalue weighted by atomic mass is 16.7. The molecular weight excluding hydrogens is 762 g/mol. The maximum atomic E-state index is 14.4. The third-order valence-corrected chi connectivity index (χ3v) is 13.5. The van der Waals surface area contributed by atoms with E-state index in [2.05, 4.69) is 11.9 Å². The summed E-state index contributed by atoms with van der Waals surface area (Å²) in [7, 11) is 0. The van der Waals surface area contributed by atoms with Crippen molar-refractivity contribution < 1.29 is 62.5 Å². The molecule has 2 aliphatic heterocycles. The van der Waals surface area contributed by atoms with Gasteiger partial charge in [0.1, 0.15) is 29.5 Å². The van der Waals surface area contributed by atoms with Gasteiger partial charge in [-0.2, -0.15) is 0 Å². The van der Waals surface area contributed by atoms with E-state index in [0.29, 0.717) is 17.6 Å². The van der Waals surface area contributed by atoms with Gasteiger partial charge in [0.2, 0.25) is 0 Å². The summed E-state index contributed by atoms with van der Waals surface area (Å²) < 4.78 is 44.1. The molecule has 0 spiro atoms. The predicted molar refractivity (Wildman–Crippen MR) is 214 cm³/mol. The Kier molecular flexibility index (Phi) is 12.1. The Balaban J connectivity index is 1.51. The minimum atomic E-state index is -2.02. The molecule has 326 valence electrons. The lowest BCUT2D eigenvalue weighted by atomic mass is 9.43. The summed E-state index contributed by atoms with van der Waals surface area (Å²) in [5.74, 6) is -3.85. The van der Waals surface area contributed by atoms with Crippen molar-refractivity contribution in [3.8, 4) is 0 Å². The molecule has 2 saturated heterocycles. The number of rotatable bonds is 10. The third-order valence-electron chi connectivity index (χ3n) is 13.5. The maximum absolute atomic E-state index is 14.4. The second-order valence-corrected chi connectivity index (χ2v) is 19.3. The average molecular weight is 826 g/mol. The van der Waals surface area contributed by atoms with E-state index in [1.54, 1.807) is 57.2 Å². The predicted octanol–water partition coefficient (Wildman–Crippen LogP) is 5.57. The quantitative estimate of drug-likeness (QED) is 0.151. The Hall–Kier alpha value is -3.82. The molecule has 6 rings (SSSR count). The normalized spacial score (nSPS) is 36.8. The zero-order valence-electron chi connectivity index (χ0n) is 36.2. The number of benzene rings is 1. The number of aliphatic hydroxyl groups is 2. The lowest BCUT2D eigenvalue weighted by Crippen LogP contribution is -2.83. The molecule has 3 aliphatic carbocycles. The van der Waals surface area contributed by atoms with Gasteiger partial charge in [0.15, 0.2) is 18.0 Å². The highest BCUT2D eigenvalue weighted by Gasteiger charge is 2.79. The van der Waals surface area contributed by atoms with Crippen molar-refractivity contribution in [1.82, 2.24) is 5.32 Å². The van der Waals surface area contributed by atoms with E-state index in [4.69, 9.17) is 33.2 Å². The molecule has 0 aromatic heterocycles. The molecule has 1 amide bonds. The number of hydrogen-bond donors (Lipinski definition) is 3. The van der Waals surface area contributed by atoms with Gasteiger partial charge in [0, 0.05) is 36.5 Å². The van der Waals surface area contributed by atoms with Crippen LogP contribution < -0.4 is 5.32 Å². The first kappa shape index (κ1) is 44.7. The van der Waals surface area contributed by atoms with Gasteiger partial charge in [-0.1, -0.05) is 71.9 Å². The molecule has 4 fully saturated rings. The average Bonchev–Trinajstić information content (AvgIpc) is 3.12. The fourth-order valence-corrected chi connectivity index (χ4v) is 11.0. The minimum absolute atomic E-state index is 0.0405. The van der Waals surface area contributed by atoms with Crippen LogP contribution in [0.15, 0.2) is 54.1 Å². The van der Waals surface area contributed by atoms with Crippen LogP contribution in [0.5, 0.6) is 0 Å². The molecule has 0 radical (unpaired) electrons. The molecular formula is C45H63NO13. The summed E-state index contributed by atoms with van der Waals surface area (Å²) in [5, 5.41) is 28.0. The number of alkyl carbamates (subject to hydrolysis) is 1. The zero-order chi connectivity index (χ0) is 43.6. The summed E-state index contributed by atoms with van der Waals surface area (Å²) in [6.07, 6.45) is -6.18. The van der Waals surface area contributed by atoms with Crippen molar-refractivity contribution in [2.45, 2.75) is 161 Å². The molecule has 1 aromatic rings. The van der Waals surface area contributed by atoms with Crippen LogP contribution in [0.25, 0.3) is 0 Å². The summed E-state index contributed by atoms with van der Waals surface area (Å²) in [6, 6.07) is 7.32. The molecule has 14 heteroatoms.